The summed E-state index contributed by atoms with van der Waals surface area (Å²) in [7, 11) is -2.21. The zero-order chi connectivity index (χ0) is 23.4. The van der Waals surface area contributed by atoms with E-state index in [4.69, 9.17) is 16.3 Å². The molecule has 0 saturated carbocycles. The molecule has 1 aliphatic rings. The molecule has 33 heavy (non-hydrogen) atoms. The number of piperazine rings is 1. The first-order valence-corrected chi connectivity index (χ1v) is 12.3. The second kappa shape index (κ2) is 9.82. The molecule has 1 aliphatic heterocycles. The summed E-state index contributed by atoms with van der Waals surface area (Å²) in [5.74, 6) is 0.169. The number of sulfonamides is 1. The maximum atomic E-state index is 13.3. The normalized spacial score (nSPS) is 14.7. The minimum Gasteiger partial charge on any atom is -0.497 e. The van der Waals surface area contributed by atoms with Crippen molar-refractivity contribution in [2.24, 2.45) is 0 Å². The summed E-state index contributed by atoms with van der Waals surface area (Å²) in [6.07, 6.45) is 0. The topological polar surface area (TPSA) is 78.9 Å². The van der Waals surface area contributed by atoms with Crippen molar-refractivity contribution in [1.29, 1.82) is 0 Å². The number of nitrogens with one attached hydrogen (secondary N) is 1. The maximum absolute atomic E-state index is 13.3. The van der Waals surface area contributed by atoms with Crippen molar-refractivity contribution in [3.63, 3.8) is 0 Å². The lowest BCUT2D eigenvalue weighted by molar-refractivity contribution is 0.102. The van der Waals surface area contributed by atoms with Crippen molar-refractivity contribution in [1.82, 2.24) is 4.31 Å². The average Bonchev–Trinajstić information content (AvgIpc) is 2.85. The van der Waals surface area contributed by atoms with Gasteiger partial charge in [0.2, 0.25) is 10.0 Å². The zero-order valence-corrected chi connectivity index (χ0v) is 19.6. The van der Waals surface area contributed by atoms with Gasteiger partial charge in [0.05, 0.1) is 22.6 Å². The molecule has 172 valence electrons. The fraction of sp³-hybridized carbons (Fsp3) is 0.208. The van der Waals surface area contributed by atoms with Gasteiger partial charge in [-0.15, -0.1) is 0 Å². The standard InChI is InChI=1S/C24H24ClN3O4S/c1-32-20-9-7-18(8-10-20)26-24(29)22-17-21(11-12-23(22)25)33(30,31)28-15-13-27(14-16-28)19-5-3-2-4-6-19/h2-12,17H,13-16H2,1H3,(H,26,29). The number of methoxy groups -OCH3 is 1. The van der Waals surface area contributed by atoms with Crippen molar-refractivity contribution in [3.05, 3.63) is 83.4 Å². The van der Waals surface area contributed by atoms with E-state index in [1.807, 2.05) is 30.3 Å². The highest BCUT2D eigenvalue weighted by Gasteiger charge is 2.29. The monoisotopic (exact) mass is 485 g/mol. The van der Waals surface area contributed by atoms with E-state index >= 15 is 0 Å². The first-order valence-electron chi connectivity index (χ1n) is 10.4. The van der Waals surface area contributed by atoms with Crippen LogP contribution < -0.4 is 15.0 Å². The van der Waals surface area contributed by atoms with Crippen LogP contribution in [-0.2, 0) is 10.0 Å². The summed E-state index contributed by atoms with van der Waals surface area (Å²) in [6, 6.07) is 20.9. The lowest BCUT2D eigenvalue weighted by atomic mass is 10.2. The van der Waals surface area contributed by atoms with E-state index in [-0.39, 0.29) is 15.5 Å². The van der Waals surface area contributed by atoms with Crippen molar-refractivity contribution >= 4 is 38.9 Å². The number of carbonyl (C=O) groups excluding carboxylic acids is 1. The number of hydrogen-bond acceptors (Lipinski definition) is 5. The van der Waals surface area contributed by atoms with E-state index in [0.717, 1.165) is 5.69 Å². The molecule has 0 spiro atoms. The van der Waals surface area contributed by atoms with Crippen LogP contribution >= 0.6 is 11.6 Å². The van der Waals surface area contributed by atoms with Crippen LogP contribution in [0.3, 0.4) is 0 Å². The van der Waals surface area contributed by atoms with Crippen molar-refractivity contribution < 1.29 is 17.9 Å². The van der Waals surface area contributed by atoms with Crippen LogP contribution in [-0.4, -0.2) is 51.9 Å². The Morgan fingerprint density at radius 3 is 2.24 bits per heavy atom. The molecule has 1 N–H and O–H groups in total. The number of halogens is 1. The molecule has 1 fully saturated rings. The van der Waals surface area contributed by atoms with Crippen LogP contribution in [0.2, 0.25) is 5.02 Å². The third-order valence-corrected chi connectivity index (χ3v) is 7.75. The number of nitrogens with zero attached hydrogens (tertiary/aromatic N) is 2. The van der Waals surface area contributed by atoms with Gasteiger partial charge in [-0.3, -0.25) is 4.79 Å². The quantitative estimate of drug-likeness (QED) is 0.568. The van der Waals surface area contributed by atoms with Gasteiger partial charge in [0.15, 0.2) is 0 Å². The molecule has 0 bridgehead atoms. The van der Waals surface area contributed by atoms with Crippen LogP contribution in [0.5, 0.6) is 5.75 Å². The number of para-hydroxylation sites is 1. The largest absolute Gasteiger partial charge is 0.497 e. The summed E-state index contributed by atoms with van der Waals surface area (Å²) in [5.41, 5.74) is 1.71. The average molecular weight is 486 g/mol. The van der Waals surface area contributed by atoms with Gasteiger partial charge >= 0.3 is 0 Å². The van der Waals surface area contributed by atoms with E-state index in [2.05, 4.69) is 10.2 Å². The zero-order valence-electron chi connectivity index (χ0n) is 18.1. The first kappa shape index (κ1) is 23.1. The Kier molecular flexibility index (Phi) is 6.88. The number of amides is 1. The molecule has 1 amide bonds. The molecule has 0 aromatic heterocycles. The molecule has 1 saturated heterocycles. The van der Waals surface area contributed by atoms with E-state index in [9.17, 15) is 13.2 Å². The Morgan fingerprint density at radius 1 is 0.939 bits per heavy atom. The van der Waals surface area contributed by atoms with E-state index in [1.165, 1.54) is 22.5 Å². The van der Waals surface area contributed by atoms with Crippen molar-refractivity contribution in [2.75, 3.05) is 43.5 Å². The molecular formula is C24H24ClN3O4S. The fourth-order valence-electron chi connectivity index (χ4n) is 3.69. The van der Waals surface area contributed by atoms with Crippen LogP contribution in [0.15, 0.2) is 77.7 Å². The molecule has 0 aliphatic carbocycles. The Hall–Kier alpha value is -3.07. The Labute approximate surface area is 198 Å². The number of hydrogen-bond donors (Lipinski definition) is 1. The number of anilines is 2. The summed E-state index contributed by atoms with van der Waals surface area (Å²) >= 11 is 6.23. The summed E-state index contributed by atoms with van der Waals surface area (Å²) in [4.78, 5) is 15.0. The van der Waals surface area contributed by atoms with Gasteiger partial charge in [0, 0.05) is 37.6 Å². The van der Waals surface area contributed by atoms with Crippen molar-refractivity contribution in [3.8, 4) is 5.75 Å². The van der Waals surface area contributed by atoms with E-state index < -0.39 is 15.9 Å². The minimum absolute atomic E-state index is 0.0416. The summed E-state index contributed by atoms with van der Waals surface area (Å²) < 4.78 is 33.1. The molecule has 9 heteroatoms. The molecule has 7 nitrogen and oxygen atoms in total. The lowest BCUT2D eigenvalue weighted by Crippen LogP contribution is -2.48. The molecule has 3 aromatic carbocycles. The predicted octanol–water partition coefficient (Wildman–Crippen LogP) is 4.11. The molecule has 0 radical (unpaired) electrons. The number of ether oxygens (including phenoxy) is 1. The molecular weight excluding hydrogens is 462 g/mol. The predicted molar refractivity (Wildman–Crippen MR) is 130 cm³/mol. The van der Waals surface area contributed by atoms with Crippen LogP contribution in [0.1, 0.15) is 10.4 Å². The van der Waals surface area contributed by atoms with Gasteiger partial charge in [-0.05, 0) is 54.6 Å². The molecule has 0 atom stereocenters. The van der Waals surface area contributed by atoms with Gasteiger partial charge in [0.1, 0.15) is 5.75 Å². The molecule has 1 heterocycles. The fourth-order valence-corrected chi connectivity index (χ4v) is 5.34. The first-order chi connectivity index (χ1) is 15.9. The highest BCUT2D eigenvalue weighted by atomic mass is 35.5. The Bertz CT molecular complexity index is 1230. The van der Waals surface area contributed by atoms with Crippen LogP contribution in [0.25, 0.3) is 0 Å². The number of carbonyl (C=O) groups is 1. The molecule has 4 rings (SSSR count). The number of benzene rings is 3. The van der Waals surface area contributed by atoms with Gasteiger partial charge in [-0.2, -0.15) is 4.31 Å². The second-order valence-corrected chi connectivity index (χ2v) is 9.90. The van der Waals surface area contributed by atoms with Crippen LogP contribution in [0, 0.1) is 0 Å². The van der Waals surface area contributed by atoms with Crippen molar-refractivity contribution in [2.45, 2.75) is 4.90 Å². The third-order valence-electron chi connectivity index (χ3n) is 5.53. The maximum Gasteiger partial charge on any atom is 0.257 e. The minimum atomic E-state index is -3.77. The van der Waals surface area contributed by atoms with Gasteiger partial charge in [0.25, 0.3) is 5.91 Å². The van der Waals surface area contributed by atoms with E-state index in [1.54, 1.807) is 31.4 Å². The second-order valence-electron chi connectivity index (χ2n) is 7.55. The Morgan fingerprint density at radius 2 is 1.61 bits per heavy atom. The summed E-state index contributed by atoms with van der Waals surface area (Å²) in [5, 5.41) is 2.91. The highest BCUT2D eigenvalue weighted by Crippen LogP contribution is 2.26. The summed E-state index contributed by atoms with van der Waals surface area (Å²) in [6.45, 7) is 1.88. The SMILES string of the molecule is COc1ccc(NC(=O)c2cc(S(=O)(=O)N3CCN(c4ccccc4)CC3)ccc2Cl)cc1. The van der Waals surface area contributed by atoms with Gasteiger partial charge in [-0.1, -0.05) is 29.8 Å². The number of rotatable bonds is 6. The van der Waals surface area contributed by atoms with Crippen LogP contribution in [0.4, 0.5) is 11.4 Å². The van der Waals surface area contributed by atoms with E-state index in [0.29, 0.717) is 37.6 Å². The van der Waals surface area contributed by atoms with Gasteiger partial charge in [-0.25, -0.2) is 8.42 Å². The lowest BCUT2D eigenvalue weighted by Gasteiger charge is -2.35. The third kappa shape index (κ3) is 5.13. The Balaban J connectivity index is 1.49. The van der Waals surface area contributed by atoms with Gasteiger partial charge < -0.3 is 15.0 Å². The molecule has 0 unspecified atom stereocenters. The highest BCUT2D eigenvalue weighted by molar-refractivity contribution is 7.89. The molecule has 3 aromatic rings. The smallest absolute Gasteiger partial charge is 0.257 e.